The summed E-state index contributed by atoms with van der Waals surface area (Å²) in [4.78, 5) is 26.1. The number of imidazole rings is 1. The molecule has 4 aromatic rings. The van der Waals surface area contributed by atoms with E-state index >= 15 is 0 Å². The van der Waals surface area contributed by atoms with Gasteiger partial charge in [0.2, 0.25) is 5.56 Å². The number of pyridine rings is 2. The molecule has 0 radical (unpaired) electrons. The van der Waals surface area contributed by atoms with Gasteiger partial charge in [-0.25, -0.2) is 9.97 Å². The first kappa shape index (κ1) is 18.6. The van der Waals surface area contributed by atoms with Crippen LogP contribution in [0.5, 0.6) is 0 Å². The Morgan fingerprint density at radius 2 is 1.97 bits per heavy atom. The smallest absolute Gasteiger partial charge is 0.247 e. The number of fused-ring (bicyclic) bond motifs is 1. The molecule has 0 saturated heterocycles. The largest absolute Gasteiger partial charge is 0.343 e. The average Bonchev–Trinajstić information content (AvgIpc) is 3.26. The molecule has 0 aliphatic heterocycles. The van der Waals surface area contributed by atoms with Crippen LogP contribution in [0.4, 0.5) is 0 Å². The van der Waals surface area contributed by atoms with Crippen LogP contribution in [-0.4, -0.2) is 19.9 Å². The lowest BCUT2D eigenvalue weighted by Gasteiger charge is -2.13. The minimum Gasteiger partial charge on any atom is -0.343 e. The predicted molar refractivity (Wildman–Crippen MR) is 112 cm³/mol. The summed E-state index contributed by atoms with van der Waals surface area (Å²) in [5, 5.41) is 10.1. The summed E-state index contributed by atoms with van der Waals surface area (Å²) < 4.78 is 0. The van der Waals surface area contributed by atoms with E-state index in [-0.39, 0.29) is 5.56 Å². The number of rotatable bonds is 6. The van der Waals surface area contributed by atoms with Gasteiger partial charge in [-0.05, 0) is 66.6 Å². The van der Waals surface area contributed by atoms with Crippen molar-refractivity contribution in [3.05, 3.63) is 81.7 Å². The molecule has 0 bridgehead atoms. The Hall–Kier alpha value is -3.72. The van der Waals surface area contributed by atoms with Crippen molar-refractivity contribution in [3.63, 3.8) is 0 Å². The van der Waals surface area contributed by atoms with Crippen molar-refractivity contribution in [1.82, 2.24) is 19.9 Å². The second-order valence-electron chi connectivity index (χ2n) is 7.15. The first-order chi connectivity index (χ1) is 14.1. The third-order valence-corrected chi connectivity index (χ3v) is 5.16. The molecule has 0 saturated carbocycles. The highest BCUT2D eigenvalue weighted by Gasteiger charge is 2.12. The fraction of sp³-hybridized carbons (Fsp3) is 0.217. The lowest BCUT2D eigenvalue weighted by molar-refractivity contribution is 0.950. The fourth-order valence-corrected chi connectivity index (χ4v) is 3.57. The zero-order valence-electron chi connectivity index (χ0n) is 16.2. The van der Waals surface area contributed by atoms with Gasteiger partial charge < -0.3 is 9.97 Å². The van der Waals surface area contributed by atoms with Crippen molar-refractivity contribution in [2.45, 2.75) is 32.6 Å². The SMILES string of the molecule is Cc1cc2nc(-c3cnc[nH]3)cc(CCc3ccc(=O)[nH]c3)c2cc1CCC#N. The van der Waals surface area contributed by atoms with Gasteiger partial charge in [0, 0.05) is 24.1 Å². The summed E-state index contributed by atoms with van der Waals surface area (Å²) in [5.74, 6) is 0. The lowest BCUT2D eigenvalue weighted by Crippen LogP contribution is -2.04. The zero-order valence-corrected chi connectivity index (χ0v) is 16.2. The summed E-state index contributed by atoms with van der Waals surface area (Å²) in [5.41, 5.74) is 7.17. The molecule has 0 aliphatic carbocycles. The zero-order chi connectivity index (χ0) is 20.2. The van der Waals surface area contributed by atoms with Crippen molar-refractivity contribution in [2.75, 3.05) is 0 Å². The van der Waals surface area contributed by atoms with Crippen LogP contribution in [0.3, 0.4) is 0 Å². The van der Waals surface area contributed by atoms with Gasteiger partial charge in [-0.2, -0.15) is 5.26 Å². The number of nitrogens with one attached hydrogen (secondary N) is 2. The molecular formula is C23H21N5O. The van der Waals surface area contributed by atoms with Crippen molar-refractivity contribution in [1.29, 1.82) is 5.26 Å². The number of hydrogen-bond acceptors (Lipinski definition) is 4. The Balaban J connectivity index is 1.78. The molecule has 2 N–H and O–H groups in total. The third kappa shape index (κ3) is 4.09. The highest BCUT2D eigenvalue weighted by atomic mass is 16.1. The minimum atomic E-state index is -0.0951. The van der Waals surface area contributed by atoms with Gasteiger partial charge in [0.1, 0.15) is 0 Å². The Morgan fingerprint density at radius 3 is 2.69 bits per heavy atom. The number of H-pyrrole nitrogens is 2. The number of aryl methyl sites for hydroxylation is 4. The Labute approximate surface area is 168 Å². The molecule has 0 aliphatic rings. The van der Waals surface area contributed by atoms with E-state index in [0.29, 0.717) is 6.42 Å². The molecule has 4 rings (SSSR count). The molecule has 6 heteroatoms. The number of aromatic amines is 2. The maximum atomic E-state index is 11.3. The van der Waals surface area contributed by atoms with Crippen molar-refractivity contribution in [3.8, 4) is 17.5 Å². The van der Waals surface area contributed by atoms with Gasteiger partial charge in [0.15, 0.2) is 0 Å². The van der Waals surface area contributed by atoms with Gasteiger partial charge >= 0.3 is 0 Å². The van der Waals surface area contributed by atoms with Crippen LogP contribution in [0, 0.1) is 18.3 Å². The second-order valence-corrected chi connectivity index (χ2v) is 7.15. The quantitative estimate of drug-likeness (QED) is 0.528. The molecule has 3 aromatic heterocycles. The molecule has 0 amide bonds. The van der Waals surface area contributed by atoms with E-state index in [0.717, 1.165) is 52.7 Å². The minimum absolute atomic E-state index is 0.0951. The van der Waals surface area contributed by atoms with E-state index in [1.54, 1.807) is 24.8 Å². The van der Waals surface area contributed by atoms with Crippen LogP contribution in [0.2, 0.25) is 0 Å². The highest BCUT2D eigenvalue weighted by molar-refractivity contribution is 5.86. The standard InChI is InChI=1S/C23H21N5O/c1-15-9-20-19(10-17(15)3-2-8-24)18(6-4-16-5-7-23(29)26-12-16)11-21(28-20)22-13-25-14-27-22/h5,7,9-14H,2-4,6H2,1H3,(H,25,27)(H,26,29). The Kier molecular flexibility index (Phi) is 5.21. The van der Waals surface area contributed by atoms with Crippen molar-refractivity contribution >= 4 is 10.9 Å². The normalized spacial score (nSPS) is 10.9. The summed E-state index contributed by atoms with van der Waals surface area (Å²) in [7, 11) is 0. The first-order valence-corrected chi connectivity index (χ1v) is 9.60. The molecule has 0 fully saturated rings. The number of hydrogen-bond donors (Lipinski definition) is 2. The van der Waals surface area contributed by atoms with Crippen LogP contribution < -0.4 is 5.56 Å². The number of benzene rings is 1. The summed E-state index contributed by atoms with van der Waals surface area (Å²) >= 11 is 0. The predicted octanol–water partition coefficient (Wildman–Crippen LogP) is 3.86. The molecule has 0 unspecified atom stereocenters. The van der Waals surface area contributed by atoms with E-state index in [1.807, 2.05) is 6.07 Å². The van der Waals surface area contributed by atoms with Gasteiger partial charge in [-0.1, -0.05) is 6.07 Å². The average molecular weight is 383 g/mol. The van der Waals surface area contributed by atoms with Crippen LogP contribution in [0.25, 0.3) is 22.3 Å². The maximum absolute atomic E-state index is 11.3. The van der Waals surface area contributed by atoms with E-state index < -0.39 is 0 Å². The van der Waals surface area contributed by atoms with Crippen LogP contribution >= 0.6 is 0 Å². The van der Waals surface area contributed by atoms with E-state index in [4.69, 9.17) is 10.2 Å². The molecule has 3 heterocycles. The van der Waals surface area contributed by atoms with E-state index in [9.17, 15) is 4.79 Å². The van der Waals surface area contributed by atoms with Crippen LogP contribution in [0.1, 0.15) is 28.7 Å². The van der Waals surface area contributed by atoms with Crippen molar-refractivity contribution in [2.24, 2.45) is 0 Å². The Morgan fingerprint density at radius 1 is 1.07 bits per heavy atom. The summed E-state index contributed by atoms with van der Waals surface area (Å²) in [6, 6.07) is 12.0. The van der Waals surface area contributed by atoms with Gasteiger partial charge in [-0.3, -0.25) is 4.79 Å². The van der Waals surface area contributed by atoms with E-state index in [1.165, 1.54) is 11.1 Å². The monoisotopic (exact) mass is 383 g/mol. The topological polar surface area (TPSA) is 98.2 Å². The highest BCUT2D eigenvalue weighted by Crippen LogP contribution is 2.28. The summed E-state index contributed by atoms with van der Waals surface area (Å²) in [6.07, 6.45) is 8.04. The molecule has 0 atom stereocenters. The van der Waals surface area contributed by atoms with Gasteiger partial charge in [0.05, 0.1) is 35.5 Å². The first-order valence-electron chi connectivity index (χ1n) is 9.60. The lowest BCUT2D eigenvalue weighted by atomic mass is 9.95. The van der Waals surface area contributed by atoms with Crippen molar-refractivity contribution < 1.29 is 0 Å². The molecule has 0 spiro atoms. The van der Waals surface area contributed by atoms with Gasteiger partial charge in [-0.15, -0.1) is 0 Å². The van der Waals surface area contributed by atoms with E-state index in [2.05, 4.69) is 46.1 Å². The molecule has 29 heavy (non-hydrogen) atoms. The van der Waals surface area contributed by atoms with Crippen LogP contribution in [-0.2, 0) is 19.3 Å². The molecule has 1 aromatic carbocycles. The van der Waals surface area contributed by atoms with Crippen LogP contribution in [0.15, 0.2) is 53.8 Å². The third-order valence-electron chi connectivity index (χ3n) is 5.16. The number of aromatic nitrogens is 4. The summed E-state index contributed by atoms with van der Waals surface area (Å²) in [6.45, 7) is 2.07. The molecule has 144 valence electrons. The molecule has 6 nitrogen and oxygen atoms in total. The fourth-order valence-electron chi connectivity index (χ4n) is 3.57. The molecular weight excluding hydrogens is 362 g/mol. The van der Waals surface area contributed by atoms with Gasteiger partial charge in [0.25, 0.3) is 0 Å². The number of nitrogens with zero attached hydrogens (tertiary/aromatic N) is 3. The number of nitriles is 1. The second kappa shape index (κ2) is 8.11. The maximum Gasteiger partial charge on any atom is 0.247 e. The Bertz CT molecular complexity index is 1230.